The zero-order valence-corrected chi connectivity index (χ0v) is 13.0. The molecule has 0 aliphatic heterocycles. The van der Waals surface area contributed by atoms with E-state index in [4.69, 9.17) is 5.73 Å². The molecule has 3 rings (SSSR count). The minimum absolute atomic E-state index is 0.283. The van der Waals surface area contributed by atoms with E-state index in [1.807, 2.05) is 55.6 Å². The van der Waals surface area contributed by atoms with Crippen LogP contribution in [0.1, 0.15) is 0 Å². The van der Waals surface area contributed by atoms with Gasteiger partial charge >= 0.3 is 0 Å². The normalized spacial score (nSPS) is 10.4. The first-order valence-electron chi connectivity index (χ1n) is 6.90. The number of nitrogens with two attached hydrogens (primary N) is 1. The van der Waals surface area contributed by atoms with Crippen LogP contribution in [-0.2, 0) is 0 Å². The Morgan fingerprint density at radius 1 is 0.955 bits per heavy atom. The molecule has 5 heteroatoms. The summed E-state index contributed by atoms with van der Waals surface area (Å²) in [6.45, 7) is 0. The lowest BCUT2D eigenvalue weighted by molar-refractivity contribution is 1.12. The Hall–Kier alpha value is -2.53. The van der Waals surface area contributed by atoms with E-state index in [9.17, 15) is 0 Å². The molecular formula is C17H16N4S. The molecule has 0 saturated heterocycles. The summed E-state index contributed by atoms with van der Waals surface area (Å²) in [4.78, 5) is 10.7. The fourth-order valence-electron chi connectivity index (χ4n) is 2.14. The van der Waals surface area contributed by atoms with Gasteiger partial charge in [0, 0.05) is 29.4 Å². The molecule has 22 heavy (non-hydrogen) atoms. The highest BCUT2D eigenvalue weighted by molar-refractivity contribution is 7.99. The highest BCUT2D eigenvalue weighted by Crippen LogP contribution is 2.37. The van der Waals surface area contributed by atoms with Gasteiger partial charge in [0.2, 0.25) is 5.95 Å². The van der Waals surface area contributed by atoms with Crippen LogP contribution in [0.25, 0.3) is 11.3 Å². The second-order valence-corrected chi connectivity index (χ2v) is 5.74. The number of aromatic nitrogens is 2. The van der Waals surface area contributed by atoms with E-state index in [2.05, 4.69) is 21.4 Å². The zero-order chi connectivity index (χ0) is 15.4. The number of para-hydroxylation sites is 1. The van der Waals surface area contributed by atoms with Crippen LogP contribution < -0.4 is 11.1 Å². The highest BCUT2D eigenvalue weighted by atomic mass is 32.2. The van der Waals surface area contributed by atoms with Gasteiger partial charge in [-0.2, -0.15) is 0 Å². The van der Waals surface area contributed by atoms with Crippen LogP contribution in [0.4, 0.5) is 11.6 Å². The molecule has 0 aliphatic rings. The maximum atomic E-state index is 5.77. The summed E-state index contributed by atoms with van der Waals surface area (Å²) in [5.74, 6) is 0.283. The largest absolute Gasteiger partial charge is 0.387 e. The molecule has 0 unspecified atom stereocenters. The lowest BCUT2D eigenvalue weighted by atomic mass is 10.1. The molecule has 0 aliphatic carbocycles. The summed E-state index contributed by atoms with van der Waals surface area (Å²) >= 11 is 1.63. The topological polar surface area (TPSA) is 63.8 Å². The quantitative estimate of drug-likeness (QED) is 0.765. The first-order valence-corrected chi connectivity index (χ1v) is 7.72. The van der Waals surface area contributed by atoms with Crippen LogP contribution in [0.2, 0.25) is 0 Å². The summed E-state index contributed by atoms with van der Waals surface area (Å²) in [6, 6.07) is 18.2. The molecule has 0 amide bonds. The van der Waals surface area contributed by atoms with E-state index >= 15 is 0 Å². The van der Waals surface area contributed by atoms with Gasteiger partial charge in [-0.05, 0) is 12.1 Å². The summed E-state index contributed by atoms with van der Waals surface area (Å²) in [7, 11) is 1.91. The van der Waals surface area contributed by atoms with Crippen molar-refractivity contribution in [1.82, 2.24) is 9.97 Å². The maximum absolute atomic E-state index is 5.77. The van der Waals surface area contributed by atoms with Crippen molar-refractivity contribution in [1.29, 1.82) is 0 Å². The monoisotopic (exact) mass is 308 g/mol. The smallest absolute Gasteiger partial charge is 0.220 e. The first kappa shape index (κ1) is 14.4. The van der Waals surface area contributed by atoms with Crippen molar-refractivity contribution in [3.63, 3.8) is 0 Å². The van der Waals surface area contributed by atoms with Crippen molar-refractivity contribution in [3.05, 3.63) is 60.8 Å². The number of benzene rings is 2. The Kier molecular flexibility index (Phi) is 4.25. The van der Waals surface area contributed by atoms with Gasteiger partial charge in [0.05, 0.1) is 10.6 Å². The van der Waals surface area contributed by atoms with Crippen molar-refractivity contribution < 1.29 is 0 Å². The molecule has 2 aromatic carbocycles. The van der Waals surface area contributed by atoms with E-state index in [0.29, 0.717) is 0 Å². The van der Waals surface area contributed by atoms with E-state index in [1.165, 1.54) is 0 Å². The molecule has 1 heterocycles. The molecule has 4 nitrogen and oxygen atoms in total. The van der Waals surface area contributed by atoms with Crippen molar-refractivity contribution in [3.8, 4) is 11.3 Å². The predicted octanol–water partition coefficient (Wildman–Crippen LogP) is 3.92. The second-order valence-electron chi connectivity index (χ2n) is 4.66. The van der Waals surface area contributed by atoms with Crippen molar-refractivity contribution in [2.45, 2.75) is 9.79 Å². The van der Waals surface area contributed by atoms with Gasteiger partial charge in [-0.3, -0.25) is 0 Å². The number of hydrogen-bond acceptors (Lipinski definition) is 5. The third kappa shape index (κ3) is 3.04. The van der Waals surface area contributed by atoms with Gasteiger partial charge < -0.3 is 11.1 Å². The summed E-state index contributed by atoms with van der Waals surface area (Å²) in [6.07, 6.45) is 1.78. The minimum atomic E-state index is 0.283. The number of rotatable bonds is 4. The van der Waals surface area contributed by atoms with Gasteiger partial charge in [-0.25, -0.2) is 9.97 Å². The van der Waals surface area contributed by atoms with E-state index in [1.54, 1.807) is 18.0 Å². The lowest BCUT2D eigenvalue weighted by Crippen LogP contribution is -1.98. The molecule has 0 bridgehead atoms. The standard InChI is InChI=1S/C17H16N4S/c1-19-13-9-5-6-10-14(13)22-15-11-20-17(18)21-16(15)12-7-3-2-4-8-12/h2-11,19H,1H3,(H2,18,20,21). The Balaban J connectivity index is 2.04. The van der Waals surface area contributed by atoms with Crippen LogP contribution >= 0.6 is 11.8 Å². The van der Waals surface area contributed by atoms with Gasteiger partial charge in [0.25, 0.3) is 0 Å². The molecular weight excluding hydrogens is 292 g/mol. The second kappa shape index (κ2) is 6.49. The fourth-order valence-corrected chi connectivity index (χ4v) is 3.17. The highest BCUT2D eigenvalue weighted by Gasteiger charge is 2.11. The van der Waals surface area contributed by atoms with E-state index < -0.39 is 0 Å². The van der Waals surface area contributed by atoms with Crippen LogP contribution in [0.15, 0.2) is 70.6 Å². The molecule has 3 aromatic rings. The maximum Gasteiger partial charge on any atom is 0.220 e. The lowest BCUT2D eigenvalue weighted by Gasteiger charge is -2.11. The van der Waals surface area contributed by atoms with E-state index in [0.717, 1.165) is 26.7 Å². The Morgan fingerprint density at radius 3 is 2.45 bits per heavy atom. The minimum Gasteiger partial charge on any atom is -0.387 e. The van der Waals surface area contributed by atoms with Gasteiger partial charge in [0.15, 0.2) is 0 Å². The van der Waals surface area contributed by atoms with Crippen molar-refractivity contribution in [2.24, 2.45) is 0 Å². The molecule has 0 saturated carbocycles. The van der Waals surface area contributed by atoms with Crippen LogP contribution in [0.5, 0.6) is 0 Å². The van der Waals surface area contributed by atoms with Crippen LogP contribution in [-0.4, -0.2) is 17.0 Å². The molecule has 0 radical (unpaired) electrons. The molecule has 0 spiro atoms. The Bertz CT molecular complexity index is 775. The molecule has 3 N–H and O–H groups in total. The van der Waals surface area contributed by atoms with Gasteiger partial charge in [-0.1, -0.05) is 54.2 Å². The summed E-state index contributed by atoms with van der Waals surface area (Å²) < 4.78 is 0. The number of nitrogen functional groups attached to an aromatic ring is 1. The van der Waals surface area contributed by atoms with Crippen LogP contribution in [0, 0.1) is 0 Å². The molecule has 0 fully saturated rings. The van der Waals surface area contributed by atoms with Crippen molar-refractivity contribution in [2.75, 3.05) is 18.1 Å². The molecule has 1 aromatic heterocycles. The number of anilines is 2. The number of hydrogen-bond donors (Lipinski definition) is 2. The SMILES string of the molecule is CNc1ccccc1Sc1cnc(N)nc1-c1ccccc1. The third-order valence-corrected chi connectivity index (χ3v) is 4.29. The molecule has 0 atom stereocenters. The summed E-state index contributed by atoms with van der Waals surface area (Å²) in [5, 5.41) is 3.20. The Labute approximate surface area is 133 Å². The number of nitrogens with one attached hydrogen (secondary N) is 1. The van der Waals surface area contributed by atoms with Gasteiger partial charge in [0.1, 0.15) is 0 Å². The average molecular weight is 308 g/mol. The van der Waals surface area contributed by atoms with Crippen LogP contribution in [0.3, 0.4) is 0 Å². The van der Waals surface area contributed by atoms with Crippen molar-refractivity contribution >= 4 is 23.4 Å². The molecule has 110 valence electrons. The van der Waals surface area contributed by atoms with E-state index in [-0.39, 0.29) is 5.95 Å². The predicted molar refractivity (Wildman–Crippen MR) is 92.0 cm³/mol. The summed E-state index contributed by atoms with van der Waals surface area (Å²) in [5.41, 5.74) is 8.72. The van der Waals surface area contributed by atoms with Gasteiger partial charge in [-0.15, -0.1) is 0 Å². The zero-order valence-electron chi connectivity index (χ0n) is 12.2. The first-order chi connectivity index (χ1) is 10.8. The number of nitrogens with zero attached hydrogens (tertiary/aromatic N) is 2. The fraction of sp³-hybridized carbons (Fsp3) is 0.0588. The third-order valence-electron chi connectivity index (χ3n) is 3.20. The Morgan fingerprint density at radius 2 is 1.68 bits per heavy atom. The average Bonchev–Trinajstić information content (AvgIpc) is 2.58.